The SMILES string of the molecule is CN(C)c1nnc(-c2ccc(Cl)c(Cl)c2)o1. The molecule has 2 rings (SSSR count). The second kappa shape index (κ2) is 4.31. The maximum absolute atomic E-state index is 5.90. The Bertz CT molecular complexity index is 511. The molecule has 0 aliphatic heterocycles. The van der Waals surface area contributed by atoms with E-state index in [9.17, 15) is 0 Å². The summed E-state index contributed by atoms with van der Waals surface area (Å²) in [6.07, 6.45) is 0. The number of rotatable bonds is 2. The Labute approximate surface area is 103 Å². The zero-order valence-electron chi connectivity index (χ0n) is 8.74. The Morgan fingerprint density at radius 3 is 2.44 bits per heavy atom. The van der Waals surface area contributed by atoms with Gasteiger partial charge in [0.2, 0.25) is 5.89 Å². The van der Waals surface area contributed by atoms with Crippen molar-refractivity contribution in [3.8, 4) is 11.5 Å². The summed E-state index contributed by atoms with van der Waals surface area (Å²) in [5.74, 6) is 0.419. The number of hydrogen-bond acceptors (Lipinski definition) is 4. The first-order valence-corrected chi connectivity index (χ1v) is 5.30. The minimum Gasteiger partial charge on any atom is -0.403 e. The molecule has 84 valence electrons. The summed E-state index contributed by atoms with van der Waals surface area (Å²) in [5.41, 5.74) is 0.745. The van der Waals surface area contributed by atoms with Crippen molar-refractivity contribution in [3.63, 3.8) is 0 Å². The lowest BCUT2D eigenvalue weighted by Gasteiger charge is -2.03. The van der Waals surface area contributed by atoms with Crippen molar-refractivity contribution in [3.05, 3.63) is 28.2 Å². The summed E-state index contributed by atoms with van der Waals surface area (Å²) in [6.45, 7) is 0. The molecule has 0 atom stereocenters. The second-order valence-corrected chi connectivity index (χ2v) is 4.23. The fraction of sp³-hybridized carbons (Fsp3) is 0.200. The minimum absolute atomic E-state index is 0.419. The van der Waals surface area contributed by atoms with E-state index in [-0.39, 0.29) is 0 Å². The third kappa shape index (κ3) is 2.13. The third-order valence-electron chi connectivity index (χ3n) is 1.96. The summed E-state index contributed by atoms with van der Waals surface area (Å²) in [6, 6.07) is 5.61. The van der Waals surface area contributed by atoms with Crippen molar-refractivity contribution in [2.24, 2.45) is 0 Å². The van der Waals surface area contributed by atoms with Crippen LogP contribution >= 0.6 is 23.2 Å². The Hall–Kier alpha value is -1.26. The van der Waals surface area contributed by atoms with Crippen LogP contribution < -0.4 is 4.90 Å². The smallest absolute Gasteiger partial charge is 0.317 e. The second-order valence-electron chi connectivity index (χ2n) is 3.41. The number of nitrogens with zero attached hydrogens (tertiary/aromatic N) is 3. The highest BCUT2D eigenvalue weighted by Crippen LogP contribution is 2.28. The van der Waals surface area contributed by atoms with Crippen LogP contribution in [-0.4, -0.2) is 24.3 Å². The molecule has 6 heteroatoms. The highest BCUT2D eigenvalue weighted by molar-refractivity contribution is 6.42. The van der Waals surface area contributed by atoms with Gasteiger partial charge in [-0.05, 0) is 18.2 Å². The number of anilines is 1. The van der Waals surface area contributed by atoms with Crippen LogP contribution in [0.2, 0.25) is 10.0 Å². The van der Waals surface area contributed by atoms with Gasteiger partial charge in [0.05, 0.1) is 10.0 Å². The van der Waals surface area contributed by atoms with Gasteiger partial charge in [-0.2, -0.15) is 0 Å². The quantitative estimate of drug-likeness (QED) is 0.829. The summed E-state index contributed by atoms with van der Waals surface area (Å²) in [4.78, 5) is 1.73. The number of aromatic nitrogens is 2. The maximum Gasteiger partial charge on any atom is 0.317 e. The molecule has 1 heterocycles. The van der Waals surface area contributed by atoms with Crippen LogP contribution in [0.5, 0.6) is 0 Å². The van der Waals surface area contributed by atoms with Crippen LogP contribution in [0.1, 0.15) is 0 Å². The zero-order chi connectivity index (χ0) is 11.7. The van der Waals surface area contributed by atoms with Gasteiger partial charge in [0.1, 0.15) is 0 Å². The molecule has 0 saturated heterocycles. The van der Waals surface area contributed by atoms with E-state index in [1.165, 1.54) is 0 Å². The van der Waals surface area contributed by atoms with E-state index >= 15 is 0 Å². The van der Waals surface area contributed by atoms with Gasteiger partial charge in [-0.15, -0.1) is 5.10 Å². The highest BCUT2D eigenvalue weighted by atomic mass is 35.5. The molecule has 1 aromatic heterocycles. The molecule has 0 fully saturated rings. The molecule has 0 unspecified atom stereocenters. The van der Waals surface area contributed by atoms with Crippen LogP contribution in [0.15, 0.2) is 22.6 Å². The average Bonchev–Trinajstić information content (AvgIpc) is 2.71. The number of halogens is 2. The molecule has 0 spiro atoms. The normalized spacial score (nSPS) is 10.5. The van der Waals surface area contributed by atoms with Crippen molar-refractivity contribution in [1.29, 1.82) is 0 Å². The molecule has 0 bridgehead atoms. The van der Waals surface area contributed by atoms with Crippen LogP contribution in [-0.2, 0) is 0 Å². The van der Waals surface area contributed by atoms with E-state index < -0.39 is 0 Å². The Balaban J connectivity index is 2.39. The van der Waals surface area contributed by atoms with E-state index in [2.05, 4.69) is 10.2 Å². The predicted octanol–water partition coefficient (Wildman–Crippen LogP) is 3.11. The lowest BCUT2D eigenvalue weighted by atomic mass is 10.2. The van der Waals surface area contributed by atoms with Crippen LogP contribution in [0.3, 0.4) is 0 Å². The van der Waals surface area contributed by atoms with E-state index in [0.717, 1.165) is 5.56 Å². The molecule has 0 radical (unpaired) electrons. The van der Waals surface area contributed by atoms with Crippen molar-refractivity contribution in [1.82, 2.24) is 10.2 Å². The van der Waals surface area contributed by atoms with E-state index in [4.69, 9.17) is 27.6 Å². The summed E-state index contributed by atoms with van der Waals surface area (Å²) in [7, 11) is 3.65. The molecular weight excluding hydrogens is 249 g/mol. The molecule has 16 heavy (non-hydrogen) atoms. The first-order chi connectivity index (χ1) is 7.58. The molecule has 1 aromatic carbocycles. The predicted molar refractivity (Wildman–Crippen MR) is 64.1 cm³/mol. The topological polar surface area (TPSA) is 42.2 Å². The van der Waals surface area contributed by atoms with Crippen LogP contribution in [0, 0.1) is 0 Å². The van der Waals surface area contributed by atoms with Gasteiger partial charge in [-0.3, -0.25) is 0 Å². The standard InChI is InChI=1S/C10H9Cl2N3O/c1-15(2)10-14-13-9(16-10)6-3-4-7(11)8(12)5-6/h3-5H,1-2H3. The maximum atomic E-state index is 5.90. The number of benzene rings is 1. The lowest BCUT2D eigenvalue weighted by molar-refractivity contribution is 0.566. The van der Waals surface area contributed by atoms with Crippen LogP contribution in [0.25, 0.3) is 11.5 Å². The molecule has 4 nitrogen and oxygen atoms in total. The largest absolute Gasteiger partial charge is 0.403 e. The van der Waals surface area contributed by atoms with E-state index in [1.54, 1.807) is 23.1 Å². The van der Waals surface area contributed by atoms with Gasteiger partial charge in [-0.1, -0.05) is 28.3 Å². The summed E-state index contributed by atoms with van der Waals surface area (Å²) in [5, 5.41) is 8.76. The Morgan fingerprint density at radius 2 is 1.88 bits per heavy atom. The third-order valence-corrected chi connectivity index (χ3v) is 2.70. The van der Waals surface area contributed by atoms with Crippen LogP contribution in [0.4, 0.5) is 6.01 Å². The summed E-state index contributed by atoms with van der Waals surface area (Å²) >= 11 is 11.7. The average molecular weight is 258 g/mol. The molecule has 0 aliphatic carbocycles. The Morgan fingerprint density at radius 1 is 1.12 bits per heavy atom. The monoisotopic (exact) mass is 257 g/mol. The zero-order valence-corrected chi connectivity index (χ0v) is 10.2. The van der Waals surface area contributed by atoms with Gasteiger partial charge in [-0.25, -0.2) is 0 Å². The van der Waals surface area contributed by atoms with Gasteiger partial charge < -0.3 is 9.32 Å². The molecule has 0 amide bonds. The van der Waals surface area contributed by atoms with Gasteiger partial charge in [0.25, 0.3) is 0 Å². The van der Waals surface area contributed by atoms with Gasteiger partial charge in [0.15, 0.2) is 0 Å². The van der Waals surface area contributed by atoms with Gasteiger partial charge >= 0.3 is 6.01 Å². The molecule has 0 N–H and O–H groups in total. The van der Waals surface area contributed by atoms with Crippen molar-refractivity contribution in [2.75, 3.05) is 19.0 Å². The van der Waals surface area contributed by atoms with Crippen molar-refractivity contribution in [2.45, 2.75) is 0 Å². The fourth-order valence-corrected chi connectivity index (χ4v) is 1.44. The molecule has 0 aliphatic rings. The van der Waals surface area contributed by atoms with Crippen molar-refractivity contribution < 1.29 is 4.42 Å². The van der Waals surface area contributed by atoms with E-state index in [0.29, 0.717) is 22.0 Å². The molecular formula is C10H9Cl2N3O. The summed E-state index contributed by atoms with van der Waals surface area (Å²) < 4.78 is 5.43. The highest BCUT2D eigenvalue weighted by Gasteiger charge is 2.10. The fourth-order valence-electron chi connectivity index (χ4n) is 1.14. The minimum atomic E-state index is 0.419. The Kier molecular flexibility index (Phi) is 3.03. The van der Waals surface area contributed by atoms with Crippen molar-refractivity contribution >= 4 is 29.2 Å². The lowest BCUT2D eigenvalue weighted by Crippen LogP contribution is -2.08. The number of hydrogen-bond donors (Lipinski definition) is 0. The van der Waals surface area contributed by atoms with Gasteiger partial charge in [0, 0.05) is 19.7 Å². The molecule has 0 saturated carbocycles. The first kappa shape index (κ1) is 11.2. The van der Waals surface area contributed by atoms with E-state index in [1.807, 2.05) is 14.1 Å². The first-order valence-electron chi connectivity index (χ1n) is 4.54. The molecule has 2 aromatic rings.